The van der Waals surface area contributed by atoms with Crippen molar-refractivity contribution in [2.45, 2.75) is 25.5 Å². The Morgan fingerprint density at radius 3 is 2.25 bits per heavy atom. The molecule has 1 heterocycles. The van der Waals surface area contributed by atoms with Crippen LogP contribution >= 0.6 is 0 Å². The molecule has 0 aromatic heterocycles. The number of hydrogen-bond donors (Lipinski definition) is 0. The van der Waals surface area contributed by atoms with Crippen molar-refractivity contribution in [1.29, 1.82) is 0 Å². The molecule has 0 radical (unpaired) electrons. The molecule has 1 atom stereocenters. The second-order valence-corrected chi connectivity index (χ2v) is 4.70. The minimum atomic E-state index is 0.540. The van der Waals surface area contributed by atoms with Crippen molar-refractivity contribution in [2.24, 2.45) is 5.92 Å². The highest BCUT2D eigenvalue weighted by Crippen LogP contribution is 2.17. The zero-order valence-corrected chi connectivity index (χ0v) is 6.59. The van der Waals surface area contributed by atoms with Gasteiger partial charge >= 0.3 is 0 Å². The molecule has 0 aliphatic carbocycles. The summed E-state index contributed by atoms with van der Waals surface area (Å²) in [4.78, 5) is 0. The molecule has 1 aliphatic rings. The zero-order chi connectivity index (χ0) is 6.15. The van der Waals surface area contributed by atoms with Crippen LogP contribution in [0.4, 0.5) is 0 Å². The number of hydrogen-bond acceptors (Lipinski definition) is 1. The molecule has 0 saturated heterocycles. The minimum absolute atomic E-state index is 0.540. The molecule has 0 amide bonds. The summed E-state index contributed by atoms with van der Waals surface area (Å²) in [6.07, 6.45) is 3.53. The van der Waals surface area contributed by atoms with Crippen molar-refractivity contribution < 1.29 is 0 Å². The Morgan fingerprint density at radius 1 is 1.62 bits per heavy atom. The summed E-state index contributed by atoms with van der Waals surface area (Å²) in [5.74, 6) is 0.879. The first kappa shape index (κ1) is 6.25. The van der Waals surface area contributed by atoms with Gasteiger partial charge in [-0.2, -0.15) is 0 Å². The Bertz CT molecular complexity index is 156. The lowest BCUT2D eigenvalue weighted by atomic mass is 10.1. The van der Waals surface area contributed by atoms with Crippen LogP contribution in [0.15, 0.2) is 0 Å². The molecule has 0 aromatic carbocycles. The van der Waals surface area contributed by atoms with Gasteiger partial charge in [-0.25, -0.2) is 0 Å². The maximum absolute atomic E-state index is 3.37. The quantitative estimate of drug-likeness (QED) is 0.472. The van der Waals surface area contributed by atoms with Gasteiger partial charge in [-0.1, -0.05) is 19.8 Å². The van der Waals surface area contributed by atoms with Gasteiger partial charge in [0.25, 0.3) is 0 Å². The monoisotopic (exact) mass is 129 g/mol. The van der Waals surface area contributed by atoms with Crippen molar-refractivity contribution in [2.75, 3.05) is 6.26 Å². The topological polar surface area (TPSA) is 0 Å². The van der Waals surface area contributed by atoms with E-state index in [0.29, 0.717) is 10.3 Å². The SMILES string of the molecule is CC(C)C1CC#[S-]1C. The molecule has 0 saturated carbocycles. The second-order valence-electron chi connectivity index (χ2n) is 2.69. The van der Waals surface area contributed by atoms with Gasteiger partial charge < -0.3 is 15.5 Å². The lowest BCUT2D eigenvalue weighted by Gasteiger charge is -2.38. The normalized spacial score (nSPS) is 28.8. The molecule has 0 fully saturated rings. The minimum Gasteiger partial charge on any atom is -0.453 e. The van der Waals surface area contributed by atoms with Crippen LogP contribution < -0.4 is 0 Å². The molecule has 0 bridgehead atoms. The Labute approximate surface area is 53.9 Å². The van der Waals surface area contributed by atoms with Crippen molar-refractivity contribution in [1.82, 2.24) is 0 Å². The highest BCUT2D eigenvalue weighted by Gasteiger charge is 2.05. The molecule has 0 spiro atoms. The summed E-state index contributed by atoms with van der Waals surface area (Å²) in [5, 5.41) is 4.34. The highest BCUT2D eigenvalue weighted by atomic mass is 32.2. The molecule has 8 heavy (non-hydrogen) atoms. The molecule has 1 rings (SSSR count). The van der Waals surface area contributed by atoms with Gasteiger partial charge in [0, 0.05) is 0 Å². The molecule has 1 heteroatoms. The first-order valence-electron chi connectivity index (χ1n) is 3.10. The van der Waals surface area contributed by atoms with Crippen LogP contribution in [0.2, 0.25) is 0 Å². The zero-order valence-electron chi connectivity index (χ0n) is 5.77. The lowest BCUT2D eigenvalue weighted by Crippen LogP contribution is -2.24. The predicted octanol–water partition coefficient (Wildman–Crippen LogP) is 1.62. The summed E-state index contributed by atoms with van der Waals surface area (Å²) >= 11 is 0. The lowest BCUT2D eigenvalue weighted by molar-refractivity contribution is 0.608. The average Bonchev–Trinajstić information content (AvgIpc) is 1.61. The van der Waals surface area contributed by atoms with Crippen molar-refractivity contribution in [3.63, 3.8) is 0 Å². The van der Waals surface area contributed by atoms with Crippen LogP contribution in [0.25, 0.3) is 0 Å². The van der Waals surface area contributed by atoms with E-state index in [-0.39, 0.29) is 0 Å². The molecule has 1 aliphatic heterocycles. The van der Waals surface area contributed by atoms with Gasteiger partial charge in [0.2, 0.25) is 0 Å². The molecule has 48 valence electrons. The van der Waals surface area contributed by atoms with E-state index in [2.05, 4.69) is 25.3 Å². The first-order chi connectivity index (χ1) is 3.72. The summed E-state index contributed by atoms with van der Waals surface area (Å²) < 4.78 is 0. The van der Waals surface area contributed by atoms with Crippen molar-refractivity contribution in [3.05, 3.63) is 0 Å². The van der Waals surface area contributed by atoms with Crippen molar-refractivity contribution in [3.8, 4) is 5.18 Å². The maximum atomic E-state index is 3.37. The van der Waals surface area contributed by atoms with Crippen molar-refractivity contribution >= 4 is 10.3 Å². The largest absolute Gasteiger partial charge is 0.453 e. The van der Waals surface area contributed by atoms with Crippen LogP contribution in [0, 0.1) is 11.1 Å². The molecular weight excluding hydrogens is 116 g/mol. The van der Waals surface area contributed by atoms with E-state index in [4.69, 9.17) is 0 Å². The van der Waals surface area contributed by atoms with Crippen LogP contribution in [-0.2, 0) is 10.3 Å². The van der Waals surface area contributed by atoms with E-state index < -0.39 is 0 Å². The predicted molar refractivity (Wildman–Crippen MR) is 40.4 cm³/mol. The van der Waals surface area contributed by atoms with E-state index in [9.17, 15) is 0 Å². The fourth-order valence-corrected chi connectivity index (χ4v) is 2.50. The number of rotatable bonds is 1. The maximum Gasteiger partial charge on any atom is -0.0413 e. The third kappa shape index (κ3) is 0.936. The van der Waals surface area contributed by atoms with Gasteiger partial charge in [-0.3, -0.25) is 0 Å². The van der Waals surface area contributed by atoms with E-state index in [1.54, 1.807) is 0 Å². The van der Waals surface area contributed by atoms with Gasteiger partial charge in [0.1, 0.15) is 0 Å². The highest BCUT2D eigenvalue weighted by molar-refractivity contribution is 7.87. The van der Waals surface area contributed by atoms with Gasteiger partial charge in [-0.15, -0.1) is 11.5 Å². The fourth-order valence-electron chi connectivity index (χ4n) is 0.990. The molecule has 0 nitrogen and oxygen atoms in total. The Kier molecular flexibility index (Phi) is 1.69. The summed E-state index contributed by atoms with van der Waals surface area (Å²) in [5.41, 5.74) is 0. The van der Waals surface area contributed by atoms with Crippen LogP contribution in [-0.4, -0.2) is 11.5 Å². The van der Waals surface area contributed by atoms with Gasteiger partial charge in [0.15, 0.2) is 0 Å². The molecule has 1 unspecified atom stereocenters. The standard InChI is InChI=1S/C7H13S/c1-6(2)7-4-5-8(7)3/h6-7H,4H2,1-3H3/q-1. The smallest absolute Gasteiger partial charge is 0.0413 e. The molecular formula is C7H13S-. The first-order valence-corrected chi connectivity index (χ1v) is 4.79. The third-order valence-electron chi connectivity index (χ3n) is 1.71. The van der Waals surface area contributed by atoms with Gasteiger partial charge in [0.05, 0.1) is 0 Å². The third-order valence-corrected chi connectivity index (χ3v) is 3.95. The Balaban J connectivity index is 2.49. The second kappa shape index (κ2) is 2.16. The Hall–Kier alpha value is 0.130. The van der Waals surface area contributed by atoms with E-state index in [1.165, 1.54) is 6.42 Å². The summed E-state index contributed by atoms with van der Waals surface area (Å²) in [7, 11) is 0.540. The van der Waals surface area contributed by atoms with E-state index >= 15 is 0 Å². The van der Waals surface area contributed by atoms with Gasteiger partial charge in [-0.05, 0) is 6.42 Å². The molecule has 0 N–H and O–H groups in total. The van der Waals surface area contributed by atoms with E-state index in [0.717, 1.165) is 11.2 Å². The molecule has 0 aromatic rings. The summed E-state index contributed by atoms with van der Waals surface area (Å²) in [6, 6.07) is 0. The van der Waals surface area contributed by atoms with Crippen LogP contribution in [0.3, 0.4) is 0 Å². The fraction of sp³-hybridized carbons (Fsp3) is 0.857. The van der Waals surface area contributed by atoms with Crippen LogP contribution in [0.1, 0.15) is 20.3 Å². The average molecular weight is 129 g/mol. The van der Waals surface area contributed by atoms with Crippen LogP contribution in [0.5, 0.6) is 0 Å². The summed E-state index contributed by atoms with van der Waals surface area (Å²) in [6.45, 7) is 4.60. The Morgan fingerprint density at radius 2 is 2.25 bits per heavy atom. The van der Waals surface area contributed by atoms with E-state index in [1.807, 2.05) is 0 Å².